The molecule has 33 heavy (non-hydrogen) atoms. The molecular formula is C23H27F3N2O3S2. The number of alkyl halides is 3. The Morgan fingerprint density at radius 3 is 2.12 bits per heavy atom. The smallest absolute Gasteiger partial charge is 0.406 e. The largest absolute Gasteiger partial charge is 0.573 e. The molecule has 0 fully saturated rings. The third-order valence-corrected chi connectivity index (χ3v) is 8.38. The fraction of sp³-hybridized carbons (Fsp3) is 0.391. The van der Waals surface area contributed by atoms with Crippen LogP contribution in [0.4, 0.5) is 18.2 Å². The standard InChI is InChI=1S/C23H27F3N2O3S2/c1-4-14-27(15-5-2)33(29,30)28(22-17(3)20-8-6-7-9-21(20)32-22)16-18-10-12-19(13-11-18)31-23(24,25)26/h6-13H,4-5,14-16H2,1-3H3. The van der Waals surface area contributed by atoms with E-state index in [1.165, 1.54) is 44.2 Å². The van der Waals surface area contributed by atoms with Gasteiger partial charge in [0.05, 0.1) is 6.54 Å². The molecule has 0 aliphatic heterocycles. The number of aryl methyl sites for hydroxylation is 1. The first-order valence-corrected chi connectivity index (χ1v) is 12.9. The van der Waals surface area contributed by atoms with Gasteiger partial charge in [-0.15, -0.1) is 24.5 Å². The number of benzene rings is 2. The van der Waals surface area contributed by atoms with E-state index in [0.29, 0.717) is 36.5 Å². The molecule has 0 saturated carbocycles. The van der Waals surface area contributed by atoms with Gasteiger partial charge in [0, 0.05) is 17.8 Å². The summed E-state index contributed by atoms with van der Waals surface area (Å²) in [4.78, 5) is 0. The van der Waals surface area contributed by atoms with Crippen LogP contribution in [0.5, 0.6) is 5.75 Å². The maximum atomic E-state index is 13.8. The highest BCUT2D eigenvalue weighted by Crippen LogP contribution is 2.40. The van der Waals surface area contributed by atoms with Crippen LogP contribution in [-0.2, 0) is 16.8 Å². The Morgan fingerprint density at radius 1 is 0.970 bits per heavy atom. The topological polar surface area (TPSA) is 49.9 Å². The quantitative estimate of drug-likeness (QED) is 0.320. The predicted octanol–water partition coefficient (Wildman–Crippen LogP) is 6.48. The minimum atomic E-state index is -4.79. The average Bonchev–Trinajstić information content (AvgIpc) is 3.08. The number of hydrogen-bond donors (Lipinski definition) is 0. The van der Waals surface area contributed by atoms with Gasteiger partial charge in [-0.3, -0.25) is 0 Å². The lowest BCUT2D eigenvalue weighted by molar-refractivity contribution is -0.274. The van der Waals surface area contributed by atoms with Crippen molar-refractivity contribution in [2.24, 2.45) is 0 Å². The maximum absolute atomic E-state index is 13.8. The van der Waals surface area contributed by atoms with E-state index in [1.54, 1.807) is 0 Å². The SMILES string of the molecule is CCCN(CCC)S(=O)(=O)N(Cc1ccc(OC(F)(F)F)cc1)c1sc2ccccc2c1C. The van der Waals surface area contributed by atoms with Gasteiger partial charge in [-0.2, -0.15) is 12.7 Å². The summed E-state index contributed by atoms with van der Waals surface area (Å²) in [5.74, 6) is -0.350. The third kappa shape index (κ3) is 5.99. The molecule has 0 bridgehead atoms. The van der Waals surface area contributed by atoms with Gasteiger partial charge >= 0.3 is 16.6 Å². The fourth-order valence-electron chi connectivity index (χ4n) is 3.60. The van der Waals surface area contributed by atoms with Crippen LogP contribution in [0.25, 0.3) is 10.1 Å². The van der Waals surface area contributed by atoms with Gasteiger partial charge in [-0.1, -0.05) is 44.2 Å². The highest BCUT2D eigenvalue weighted by atomic mass is 32.2. The van der Waals surface area contributed by atoms with Crippen molar-refractivity contribution in [3.63, 3.8) is 0 Å². The summed E-state index contributed by atoms with van der Waals surface area (Å²) in [7, 11) is -3.88. The molecule has 0 aliphatic rings. The zero-order valence-corrected chi connectivity index (χ0v) is 20.4. The minimum Gasteiger partial charge on any atom is -0.406 e. The first kappa shape index (κ1) is 25.3. The fourth-order valence-corrected chi connectivity index (χ4v) is 6.87. The third-order valence-electron chi connectivity index (χ3n) is 5.08. The molecule has 0 amide bonds. The van der Waals surface area contributed by atoms with Crippen LogP contribution in [0.2, 0.25) is 0 Å². The summed E-state index contributed by atoms with van der Waals surface area (Å²) in [6.07, 6.45) is -3.45. The average molecular weight is 501 g/mol. The summed E-state index contributed by atoms with van der Waals surface area (Å²) in [5, 5.41) is 1.58. The zero-order valence-electron chi connectivity index (χ0n) is 18.7. The first-order chi connectivity index (χ1) is 15.6. The molecular weight excluding hydrogens is 473 g/mol. The number of fused-ring (bicyclic) bond motifs is 1. The molecule has 3 aromatic rings. The lowest BCUT2D eigenvalue weighted by Gasteiger charge is -2.31. The molecule has 180 valence electrons. The Balaban J connectivity index is 2.04. The number of nitrogens with zero attached hydrogens (tertiary/aromatic N) is 2. The normalized spacial score (nSPS) is 12.5. The van der Waals surface area contributed by atoms with Gasteiger partial charge in [0.1, 0.15) is 10.8 Å². The van der Waals surface area contributed by atoms with E-state index in [0.717, 1.165) is 15.6 Å². The summed E-state index contributed by atoms with van der Waals surface area (Å²) >= 11 is 1.39. The summed E-state index contributed by atoms with van der Waals surface area (Å²) in [5.41, 5.74) is 1.40. The second-order valence-electron chi connectivity index (χ2n) is 7.63. The van der Waals surface area contributed by atoms with E-state index in [2.05, 4.69) is 4.74 Å². The molecule has 3 rings (SSSR count). The van der Waals surface area contributed by atoms with Crippen LogP contribution < -0.4 is 9.04 Å². The Hall–Kier alpha value is -2.30. The first-order valence-electron chi connectivity index (χ1n) is 10.7. The van der Waals surface area contributed by atoms with Crippen molar-refractivity contribution >= 4 is 36.6 Å². The summed E-state index contributed by atoms with van der Waals surface area (Å²) < 4.78 is 72.8. The van der Waals surface area contributed by atoms with Crippen LogP contribution >= 0.6 is 11.3 Å². The van der Waals surface area contributed by atoms with Crippen molar-refractivity contribution in [3.8, 4) is 5.75 Å². The lowest BCUT2D eigenvalue weighted by atomic mass is 10.2. The lowest BCUT2D eigenvalue weighted by Crippen LogP contribution is -2.44. The molecule has 0 N–H and O–H groups in total. The van der Waals surface area contributed by atoms with Crippen molar-refractivity contribution in [2.75, 3.05) is 17.4 Å². The van der Waals surface area contributed by atoms with Crippen molar-refractivity contribution < 1.29 is 26.3 Å². The molecule has 0 unspecified atom stereocenters. The Labute approximate surface area is 196 Å². The van der Waals surface area contributed by atoms with Crippen molar-refractivity contribution in [3.05, 3.63) is 59.7 Å². The maximum Gasteiger partial charge on any atom is 0.573 e. The second kappa shape index (κ2) is 10.3. The Morgan fingerprint density at radius 2 is 1.58 bits per heavy atom. The predicted molar refractivity (Wildman–Crippen MR) is 127 cm³/mol. The zero-order chi connectivity index (χ0) is 24.2. The van der Waals surface area contributed by atoms with Crippen LogP contribution in [0.1, 0.15) is 37.8 Å². The van der Waals surface area contributed by atoms with E-state index in [1.807, 2.05) is 45.0 Å². The van der Waals surface area contributed by atoms with Gasteiger partial charge < -0.3 is 4.74 Å². The van der Waals surface area contributed by atoms with Gasteiger partial charge in [-0.05, 0) is 54.5 Å². The number of ether oxygens (including phenoxy) is 1. The monoisotopic (exact) mass is 500 g/mol. The number of rotatable bonds is 10. The molecule has 0 saturated heterocycles. The van der Waals surface area contributed by atoms with E-state index in [4.69, 9.17) is 0 Å². The van der Waals surface area contributed by atoms with E-state index in [9.17, 15) is 21.6 Å². The van der Waals surface area contributed by atoms with E-state index >= 15 is 0 Å². The Kier molecular flexibility index (Phi) is 7.92. The molecule has 1 aromatic heterocycles. The number of anilines is 1. The molecule has 1 heterocycles. The van der Waals surface area contributed by atoms with Crippen LogP contribution in [0.15, 0.2) is 48.5 Å². The highest BCUT2D eigenvalue weighted by Gasteiger charge is 2.33. The molecule has 5 nitrogen and oxygen atoms in total. The number of hydrogen-bond acceptors (Lipinski definition) is 4. The number of halogens is 3. The van der Waals surface area contributed by atoms with Crippen LogP contribution in [0, 0.1) is 6.92 Å². The van der Waals surface area contributed by atoms with Gasteiger partial charge in [0.15, 0.2) is 0 Å². The second-order valence-corrected chi connectivity index (χ2v) is 10.5. The van der Waals surface area contributed by atoms with Crippen LogP contribution in [0.3, 0.4) is 0 Å². The van der Waals surface area contributed by atoms with Crippen molar-refractivity contribution in [2.45, 2.75) is 46.5 Å². The highest BCUT2D eigenvalue weighted by molar-refractivity contribution is 7.90. The van der Waals surface area contributed by atoms with E-state index in [-0.39, 0.29) is 12.3 Å². The van der Waals surface area contributed by atoms with Crippen LogP contribution in [-0.4, -0.2) is 32.2 Å². The van der Waals surface area contributed by atoms with E-state index < -0.39 is 16.6 Å². The van der Waals surface area contributed by atoms with Gasteiger partial charge in [-0.25, -0.2) is 4.31 Å². The molecule has 0 radical (unpaired) electrons. The molecule has 0 aliphatic carbocycles. The minimum absolute atomic E-state index is 0.00772. The summed E-state index contributed by atoms with van der Waals surface area (Å²) in [6.45, 7) is 6.50. The molecule has 2 aromatic carbocycles. The summed E-state index contributed by atoms with van der Waals surface area (Å²) in [6, 6.07) is 13.0. The van der Waals surface area contributed by atoms with Crippen molar-refractivity contribution in [1.82, 2.24) is 4.31 Å². The molecule has 10 heteroatoms. The Bertz CT molecular complexity index is 1170. The van der Waals surface area contributed by atoms with Gasteiger partial charge in [0.2, 0.25) is 0 Å². The number of thiophene rings is 1. The molecule has 0 spiro atoms. The van der Waals surface area contributed by atoms with Crippen molar-refractivity contribution in [1.29, 1.82) is 0 Å². The van der Waals surface area contributed by atoms with Gasteiger partial charge in [0.25, 0.3) is 0 Å². The molecule has 0 atom stereocenters.